The zero-order valence-electron chi connectivity index (χ0n) is 41.5. The average molecular weight is 1170 g/mol. The monoisotopic (exact) mass is 1170 g/mol. The van der Waals surface area contributed by atoms with E-state index in [1.165, 1.54) is 6.92 Å². The first-order chi connectivity index (χ1) is 35.2. The standard InChI is InChI=1S/C47H68IN11O14S/c1-4-23(2)39-44(70)52-18-37(65)53-32-22-74-46-28(27-10-9-26(14-29(27)56-46)73-12-8-6-5-7-11-50-36(64)17-48)15-30(41(67)51-19-38(66)57-39)54-45(71)40(24(3)34(62)21-60)58-43(69)33-13-25(61)20-59(33)47(72)31(16-35(49)63)55-42(32)68/h9-10,14,23-25,30-34,39-40,56,60-62H,4-8,11-13,15-22H2,1-3H3,(H2,49,63)(H,50,64)(H,51,67)(H,52,70)(H,53,65)(H,54,71)(H,55,68)(H,57,66)(H,58,69)/t23-,24-,25+,30+,31-,32-,33-,34-,39-,40-/m0/s1. The first-order valence-electron chi connectivity index (χ1n) is 24.6. The summed E-state index contributed by atoms with van der Waals surface area (Å²) in [6, 6.07) is -4.17. The number of carbonyl (C=O) groups excluding carboxylic acids is 10. The number of alkyl halides is 1. The second kappa shape index (κ2) is 28.2. The summed E-state index contributed by atoms with van der Waals surface area (Å²) >= 11 is 3.00. The van der Waals surface area contributed by atoms with Gasteiger partial charge in [0.05, 0.1) is 59.9 Å². The summed E-state index contributed by atoms with van der Waals surface area (Å²) in [5.41, 5.74) is 6.45. The van der Waals surface area contributed by atoms with E-state index in [4.69, 9.17) is 10.5 Å². The number of nitrogens with two attached hydrogens (primary N) is 1. The predicted molar refractivity (Wildman–Crippen MR) is 276 cm³/mol. The van der Waals surface area contributed by atoms with Crippen LogP contribution in [0.3, 0.4) is 0 Å². The molecule has 1 fully saturated rings. The summed E-state index contributed by atoms with van der Waals surface area (Å²) in [6.45, 7) is 3.05. The van der Waals surface area contributed by atoms with Gasteiger partial charge in [-0.2, -0.15) is 0 Å². The van der Waals surface area contributed by atoms with Gasteiger partial charge in [0.2, 0.25) is 59.1 Å². The molecule has 1 aromatic carbocycles. The normalized spacial score (nSPS) is 25.1. The van der Waals surface area contributed by atoms with Crippen molar-refractivity contribution in [3.8, 4) is 5.75 Å². The van der Waals surface area contributed by atoms with Gasteiger partial charge in [-0.1, -0.05) is 62.6 Å². The number of ether oxygens (including phenoxy) is 1. The van der Waals surface area contributed by atoms with Crippen LogP contribution in [0, 0.1) is 11.8 Å². The molecule has 0 saturated carbocycles. The van der Waals surface area contributed by atoms with Crippen LogP contribution >= 0.6 is 34.4 Å². The number of amides is 10. The fraction of sp³-hybridized carbons (Fsp3) is 0.617. The summed E-state index contributed by atoms with van der Waals surface area (Å²) in [5.74, 6) is -10.0. The van der Waals surface area contributed by atoms with Crippen molar-refractivity contribution in [1.82, 2.24) is 52.4 Å². The Bertz CT molecular complexity index is 2390. The van der Waals surface area contributed by atoms with Gasteiger partial charge < -0.3 is 78.2 Å². The number of nitrogens with one attached hydrogen (secondary N) is 9. The molecule has 3 aliphatic rings. The number of halogens is 1. The quantitative estimate of drug-likeness (QED) is 0.0449. The molecule has 2 aromatic rings. The van der Waals surface area contributed by atoms with Gasteiger partial charge in [0.25, 0.3) is 0 Å². The van der Waals surface area contributed by atoms with Crippen molar-refractivity contribution >= 4 is 104 Å². The molecular weight excluding hydrogens is 1100 g/mol. The van der Waals surface area contributed by atoms with Crippen molar-refractivity contribution in [3.63, 3.8) is 0 Å². The lowest BCUT2D eigenvalue weighted by molar-refractivity contribution is -0.144. The molecule has 14 N–H and O–H groups in total. The molecule has 1 saturated heterocycles. The van der Waals surface area contributed by atoms with E-state index >= 15 is 0 Å². The average Bonchev–Trinajstić information content (AvgIpc) is 3.94. The molecule has 0 unspecified atom stereocenters. The Labute approximate surface area is 445 Å². The number of nitrogens with zero attached hydrogens (tertiary/aromatic N) is 1. The molecular formula is C47H68IN11O14S. The number of aliphatic hydroxyl groups is 3. The molecule has 1 aromatic heterocycles. The maximum Gasteiger partial charge on any atom is 0.246 e. The summed E-state index contributed by atoms with van der Waals surface area (Å²) in [6.07, 6.45) is -0.784. The molecule has 5 rings (SSSR count). The maximum absolute atomic E-state index is 14.6. The minimum atomic E-state index is -1.75. The van der Waals surface area contributed by atoms with E-state index in [1.807, 2.05) is 22.6 Å². The van der Waals surface area contributed by atoms with Gasteiger partial charge >= 0.3 is 0 Å². The van der Waals surface area contributed by atoms with Crippen molar-refractivity contribution in [2.75, 3.05) is 49.6 Å². The van der Waals surface area contributed by atoms with Gasteiger partial charge in [0.1, 0.15) is 42.0 Å². The number of H-pyrrole nitrogens is 1. The SMILES string of the molecule is CC[C@H](C)[C@@H]1NC(=O)CNC(=O)[C@H]2Cc3c([nH]c4cc(OCCCCCCNC(=O)CI)ccc34)SC[C@H](NC(=O)CNC1=O)C(=O)N[C@@H](CC(N)=O)C(=O)N1C[C@H](O)C[C@H]1C(=O)N[C@@H]([C@@H](C)[C@@H](O)CO)C(=O)N2. The number of primary amides is 1. The van der Waals surface area contributed by atoms with Crippen molar-refractivity contribution in [1.29, 1.82) is 0 Å². The van der Waals surface area contributed by atoms with Gasteiger partial charge in [-0.05, 0) is 36.5 Å². The number of fused-ring (bicyclic) bond motifs is 5. The zero-order valence-corrected chi connectivity index (χ0v) is 44.4. The molecule has 0 aliphatic carbocycles. The summed E-state index contributed by atoms with van der Waals surface area (Å²) < 4.78 is 6.48. The number of aromatic amines is 1. The highest BCUT2D eigenvalue weighted by molar-refractivity contribution is 14.1. The predicted octanol–water partition coefficient (Wildman–Crippen LogP) is -3.15. The van der Waals surface area contributed by atoms with Crippen molar-refractivity contribution in [3.05, 3.63) is 23.8 Å². The number of rotatable bonds is 16. The van der Waals surface area contributed by atoms with Crippen LogP contribution < -0.4 is 53.0 Å². The summed E-state index contributed by atoms with van der Waals surface area (Å²) in [7, 11) is 0. The van der Waals surface area contributed by atoms with Gasteiger partial charge in [0.15, 0.2) is 0 Å². The van der Waals surface area contributed by atoms with Crippen LogP contribution in [0.1, 0.15) is 71.3 Å². The Balaban J connectivity index is 1.63. The molecule has 10 atom stereocenters. The fourth-order valence-corrected chi connectivity index (χ4v) is 10.1. The van der Waals surface area contributed by atoms with E-state index in [0.717, 1.165) is 35.9 Å². The Kier molecular flexibility index (Phi) is 22.5. The maximum atomic E-state index is 14.6. The van der Waals surface area contributed by atoms with E-state index in [0.29, 0.717) is 57.7 Å². The van der Waals surface area contributed by atoms with Gasteiger partial charge in [0, 0.05) is 49.1 Å². The van der Waals surface area contributed by atoms with Crippen LogP contribution in [-0.4, -0.2) is 182 Å². The van der Waals surface area contributed by atoms with Crippen molar-refractivity contribution in [2.45, 2.75) is 126 Å². The number of thioether (sulfide) groups is 1. The fourth-order valence-electron chi connectivity index (χ4n) is 8.69. The molecule has 25 nitrogen and oxygen atoms in total. The third-order valence-electron chi connectivity index (χ3n) is 13.2. The van der Waals surface area contributed by atoms with Crippen molar-refractivity contribution in [2.24, 2.45) is 17.6 Å². The molecule has 74 heavy (non-hydrogen) atoms. The third kappa shape index (κ3) is 16.4. The van der Waals surface area contributed by atoms with E-state index in [2.05, 4.69) is 47.5 Å². The topological polar surface area (TPSA) is 382 Å². The third-order valence-corrected chi connectivity index (χ3v) is 15.0. The lowest BCUT2D eigenvalue weighted by atomic mass is 9.93. The van der Waals surface area contributed by atoms with Crippen LogP contribution in [0.4, 0.5) is 0 Å². The lowest BCUT2D eigenvalue weighted by Gasteiger charge is -2.32. The Morgan fingerprint density at radius 1 is 0.878 bits per heavy atom. The van der Waals surface area contributed by atoms with Crippen LogP contribution in [0.15, 0.2) is 23.2 Å². The second-order valence-corrected chi connectivity index (χ2v) is 20.5. The molecule has 0 spiro atoms. The number of unbranched alkanes of at least 4 members (excludes halogenated alkanes) is 3. The van der Waals surface area contributed by atoms with Crippen LogP contribution in [0.2, 0.25) is 0 Å². The number of benzene rings is 1. The minimum Gasteiger partial charge on any atom is -0.494 e. The molecule has 2 bridgehead atoms. The van der Waals surface area contributed by atoms with Gasteiger partial charge in [-0.3, -0.25) is 47.9 Å². The van der Waals surface area contributed by atoms with Crippen LogP contribution in [-0.2, 0) is 54.4 Å². The number of aliphatic hydroxyl groups excluding tert-OH is 3. The van der Waals surface area contributed by atoms with Gasteiger partial charge in [-0.25, -0.2) is 0 Å². The first-order valence-corrected chi connectivity index (χ1v) is 27.1. The molecule has 0 radical (unpaired) electrons. The van der Waals surface area contributed by atoms with E-state index in [1.54, 1.807) is 32.0 Å². The zero-order chi connectivity index (χ0) is 54.2. The summed E-state index contributed by atoms with van der Waals surface area (Å²) in [4.78, 5) is 141. The van der Waals surface area contributed by atoms with E-state index in [9.17, 15) is 63.3 Å². The number of aromatic nitrogens is 1. The minimum absolute atomic E-state index is 0.0222. The molecule has 408 valence electrons. The Morgan fingerprint density at radius 2 is 1.58 bits per heavy atom. The first kappa shape index (κ1) is 59.1. The van der Waals surface area contributed by atoms with Gasteiger partial charge in [-0.15, -0.1) is 11.8 Å². The molecule has 10 amide bonds. The summed E-state index contributed by atoms with van der Waals surface area (Å²) in [5, 5.41) is 53.2. The number of carbonyl (C=O) groups is 10. The molecule has 3 aliphatic heterocycles. The molecule has 4 heterocycles. The highest BCUT2D eigenvalue weighted by Gasteiger charge is 2.45. The van der Waals surface area contributed by atoms with Crippen molar-refractivity contribution < 1.29 is 68.0 Å². The number of hydrogen-bond acceptors (Lipinski definition) is 15. The van der Waals surface area contributed by atoms with Crippen LogP contribution in [0.25, 0.3) is 10.9 Å². The second-order valence-electron chi connectivity index (χ2n) is 18.7. The largest absolute Gasteiger partial charge is 0.494 e. The number of hydrogen-bond donors (Lipinski definition) is 13. The van der Waals surface area contributed by atoms with E-state index in [-0.39, 0.29) is 24.5 Å². The lowest BCUT2D eigenvalue weighted by Crippen LogP contribution is -2.62. The molecule has 27 heteroatoms. The highest BCUT2D eigenvalue weighted by atomic mass is 127. The smallest absolute Gasteiger partial charge is 0.246 e. The highest BCUT2D eigenvalue weighted by Crippen LogP contribution is 2.34. The Hall–Kier alpha value is -5.78. The van der Waals surface area contributed by atoms with Crippen LogP contribution in [0.5, 0.6) is 5.75 Å². The Morgan fingerprint density at radius 3 is 2.27 bits per heavy atom. The van der Waals surface area contributed by atoms with E-state index < -0.39 is 146 Å².